The van der Waals surface area contributed by atoms with Crippen molar-refractivity contribution in [2.45, 2.75) is 57.8 Å². The van der Waals surface area contributed by atoms with Crippen LogP contribution in [0.25, 0.3) is 10.8 Å². The highest BCUT2D eigenvalue weighted by Crippen LogP contribution is 2.63. The van der Waals surface area contributed by atoms with Crippen molar-refractivity contribution >= 4 is 16.7 Å². The molecule has 0 aliphatic heterocycles. The van der Waals surface area contributed by atoms with Crippen LogP contribution in [0.2, 0.25) is 0 Å². The van der Waals surface area contributed by atoms with E-state index in [0.29, 0.717) is 17.4 Å². The van der Waals surface area contributed by atoms with Crippen LogP contribution >= 0.6 is 0 Å². The minimum atomic E-state index is -0.297. The van der Waals surface area contributed by atoms with Crippen LogP contribution in [0.3, 0.4) is 0 Å². The third kappa shape index (κ3) is 1.92. The first-order valence-corrected chi connectivity index (χ1v) is 8.45. The zero-order chi connectivity index (χ0) is 16.4. The molecule has 1 saturated carbocycles. The summed E-state index contributed by atoms with van der Waals surface area (Å²) in [7, 11) is 0. The molecule has 0 radical (unpaired) electrons. The van der Waals surface area contributed by atoms with Crippen LogP contribution in [0.15, 0.2) is 18.2 Å². The molecule has 2 aromatic rings. The fraction of sp³-hybridized carbons (Fsp3) is 0.450. The topological polar surface area (TPSA) is 46.5 Å². The summed E-state index contributed by atoms with van der Waals surface area (Å²) >= 11 is 0. The second-order valence-electron chi connectivity index (χ2n) is 7.29. The summed E-state index contributed by atoms with van der Waals surface area (Å²) < 4.78 is 5.67. The molecule has 4 rings (SSSR count). The van der Waals surface area contributed by atoms with Crippen molar-refractivity contribution in [3.8, 4) is 11.5 Å². The third-order valence-corrected chi connectivity index (χ3v) is 5.74. The number of carbonyl (C=O) groups is 1. The summed E-state index contributed by atoms with van der Waals surface area (Å²) in [5, 5.41) is 12.6. The average Bonchev–Trinajstić information content (AvgIpc) is 3.04. The number of phenolic OH excluding ortho intramolecular Hbond substituents is 1. The van der Waals surface area contributed by atoms with Crippen molar-refractivity contribution in [2.24, 2.45) is 0 Å². The summed E-state index contributed by atoms with van der Waals surface area (Å²) in [5.74, 6) is 1.17. The lowest BCUT2D eigenvalue weighted by Crippen LogP contribution is -2.17. The molecule has 2 aliphatic carbocycles. The monoisotopic (exact) mass is 310 g/mol. The summed E-state index contributed by atoms with van der Waals surface area (Å²) in [6.07, 6.45) is 4.15. The average molecular weight is 310 g/mol. The number of hydrogen-bond acceptors (Lipinski definition) is 3. The van der Waals surface area contributed by atoms with Crippen molar-refractivity contribution in [3.05, 3.63) is 34.9 Å². The molecule has 2 atom stereocenters. The van der Waals surface area contributed by atoms with E-state index in [-0.39, 0.29) is 11.4 Å². The van der Waals surface area contributed by atoms with Gasteiger partial charge in [0.15, 0.2) is 0 Å². The molecule has 1 N–H and O–H groups in total. The first kappa shape index (κ1) is 14.6. The highest BCUT2D eigenvalue weighted by atomic mass is 16.5. The first-order chi connectivity index (χ1) is 10.9. The number of fused-ring (bicyclic) bond motifs is 6. The Kier molecular flexibility index (Phi) is 2.99. The Morgan fingerprint density at radius 3 is 2.87 bits per heavy atom. The molecule has 1 fully saturated rings. The molecule has 2 aromatic carbocycles. The largest absolute Gasteiger partial charge is 0.507 e. The van der Waals surface area contributed by atoms with Gasteiger partial charge < -0.3 is 9.84 Å². The zero-order valence-electron chi connectivity index (χ0n) is 13.9. The predicted molar refractivity (Wildman–Crippen MR) is 90.2 cm³/mol. The maximum atomic E-state index is 11.7. The van der Waals surface area contributed by atoms with E-state index in [1.54, 1.807) is 0 Å². The predicted octanol–water partition coefficient (Wildman–Crippen LogP) is 4.57. The van der Waals surface area contributed by atoms with Gasteiger partial charge in [-0.15, -0.1) is 0 Å². The fourth-order valence-corrected chi connectivity index (χ4v) is 4.69. The minimum Gasteiger partial charge on any atom is -0.507 e. The van der Waals surface area contributed by atoms with Gasteiger partial charge in [-0.3, -0.25) is 4.79 Å². The molecular formula is C20H22O3. The number of aryl methyl sites for hydroxylation is 1. The molecule has 2 aliphatic rings. The van der Waals surface area contributed by atoms with Crippen LogP contribution in [0.5, 0.6) is 11.5 Å². The number of esters is 1. The third-order valence-electron chi connectivity index (χ3n) is 5.74. The van der Waals surface area contributed by atoms with Crippen molar-refractivity contribution in [2.75, 3.05) is 0 Å². The maximum absolute atomic E-state index is 11.7. The highest BCUT2D eigenvalue weighted by Gasteiger charge is 2.50. The Hall–Kier alpha value is -2.03. The highest BCUT2D eigenvalue weighted by molar-refractivity contribution is 5.98. The van der Waals surface area contributed by atoms with Crippen molar-refractivity contribution < 1.29 is 14.6 Å². The number of benzene rings is 2. The molecule has 2 bridgehead atoms. The van der Waals surface area contributed by atoms with Gasteiger partial charge in [-0.1, -0.05) is 26.0 Å². The molecule has 3 heteroatoms. The van der Waals surface area contributed by atoms with Crippen LogP contribution in [-0.4, -0.2) is 11.1 Å². The van der Waals surface area contributed by atoms with Crippen LogP contribution in [0, 0.1) is 0 Å². The maximum Gasteiger partial charge on any atom is 0.308 e. The molecular weight excluding hydrogens is 288 g/mol. The lowest BCUT2D eigenvalue weighted by molar-refractivity contribution is -0.131. The van der Waals surface area contributed by atoms with Crippen LogP contribution in [0.1, 0.15) is 62.6 Å². The van der Waals surface area contributed by atoms with Crippen molar-refractivity contribution in [3.63, 3.8) is 0 Å². The van der Waals surface area contributed by atoms with Crippen molar-refractivity contribution in [1.82, 2.24) is 0 Å². The van der Waals surface area contributed by atoms with E-state index in [2.05, 4.69) is 19.9 Å². The van der Waals surface area contributed by atoms with Crippen LogP contribution < -0.4 is 4.74 Å². The number of carbonyl (C=O) groups excluding carboxylic acids is 1. The number of rotatable bonds is 2. The van der Waals surface area contributed by atoms with Crippen molar-refractivity contribution in [1.29, 1.82) is 0 Å². The van der Waals surface area contributed by atoms with Gasteiger partial charge in [-0.05, 0) is 48.6 Å². The van der Waals surface area contributed by atoms with E-state index in [1.807, 2.05) is 12.1 Å². The van der Waals surface area contributed by atoms with E-state index in [0.717, 1.165) is 47.6 Å². The second kappa shape index (κ2) is 4.73. The molecule has 23 heavy (non-hydrogen) atoms. The Bertz CT molecular complexity index is 837. The molecule has 120 valence electrons. The normalized spacial score (nSPS) is 24.9. The van der Waals surface area contributed by atoms with Gasteiger partial charge in [0, 0.05) is 28.8 Å². The Labute approximate surface area is 136 Å². The SMILES string of the molecule is CCc1ccc2c(O)c3c(c(OC(C)=O)c2c1)C1CCC3(C)C1. The molecule has 2 unspecified atom stereocenters. The quantitative estimate of drug-likeness (QED) is 0.653. The number of ether oxygens (including phenoxy) is 1. The first-order valence-electron chi connectivity index (χ1n) is 8.45. The zero-order valence-corrected chi connectivity index (χ0v) is 13.9. The fourth-order valence-electron chi connectivity index (χ4n) is 4.69. The summed E-state index contributed by atoms with van der Waals surface area (Å²) in [4.78, 5) is 11.7. The number of phenols is 1. The van der Waals surface area contributed by atoms with E-state index in [4.69, 9.17) is 4.74 Å². The second-order valence-corrected chi connectivity index (χ2v) is 7.29. The Morgan fingerprint density at radius 1 is 1.39 bits per heavy atom. The van der Waals surface area contributed by atoms with E-state index < -0.39 is 0 Å². The van der Waals surface area contributed by atoms with E-state index in [9.17, 15) is 9.90 Å². The lowest BCUT2D eigenvalue weighted by atomic mass is 9.78. The Morgan fingerprint density at radius 2 is 2.17 bits per heavy atom. The van der Waals surface area contributed by atoms with E-state index in [1.165, 1.54) is 12.5 Å². The van der Waals surface area contributed by atoms with Gasteiger partial charge in [0.2, 0.25) is 0 Å². The Balaban J connectivity index is 2.11. The summed E-state index contributed by atoms with van der Waals surface area (Å²) in [6.45, 7) is 5.77. The van der Waals surface area contributed by atoms with Gasteiger partial charge in [0.25, 0.3) is 0 Å². The van der Waals surface area contributed by atoms with Crippen LogP contribution in [0.4, 0.5) is 0 Å². The molecule has 0 aromatic heterocycles. The summed E-state index contributed by atoms with van der Waals surface area (Å²) in [5.41, 5.74) is 3.28. The van der Waals surface area contributed by atoms with Crippen LogP contribution in [-0.2, 0) is 16.6 Å². The minimum absolute atomic E-state index is 0.0105. The number of hydrogen-bond donors (Lipinski definition) is 1. The van der Waals surface area contributed by atoms with Gasteiger partial charge in [-0.2, -0.15) is 0 Å². The standard InChI is InChI=1S/C20H22O3/c1-4-12-5-6-14-15(9-12)19(23-11(2)21)16-13-7-8-20(3,10-13)17(16)18(14)22/h5-6,9,13,22H,4,7-8,10H2,1-3H3. The lowest BCUT2D eigenvalue weighted by Gasteiger charge is -2.28. The van der Waals surface area contributed by atoms with Gasteiger partial charge in [0.05, 0.1) is 0 Å². The molecule has 0 spiro atoms. The molecule has 0 saturated heterocycles. The van der Waals surface area contributed by atoms with Gasteiger partial charge in [0.1, 0.15) is 11.5 Å². The molecule has 0 heterocycles. The van der Waals surface area contributed by atoms with Gasteiger partial charge >= 0.3 is 5.97 Å². The van der Waals surface area contributed by atoms with E-state index >= 15 is 0 Å². The van der Waals surface area contributed by atoms with Gasteiger partial charge in [-0.25, -0.2) is 0 Å². The smallest absolute Gasteiger partial charge is 0.308 e. The summed E-state index contributed by atoms with van der Waals surface area (Å²) in [6, 6.07) is 6.07. The molecule has 3 nitrogen and oxygen atoms in total. The number of aromatic hydroxyl groups is 1. The molecule has 0 amide bonds.